The van der Waals surface area contributed by atoms with Crippen LogP contribution in [0.3, 0.4) is 0 Å². The van der Waals surface area contributed by atoms with Gasteiger partial charge < -0.3 is 23.8 Å². The number of hydrogen-bond donors (Lipinski definition) is 0. The molecule has 1 aliphatic heterocycles. The van der Waals surface area contributed by atoms with Crippen molar-refractivity contribution in [2.75, 3.05) is 59.0 Å². The van der Waals surface area contributed by atoms with Gasteiger partial charge in [0.05, 0.1) is 37.5 Å². The van der Waals surface area contributed by atoms with Gasteiger partial charge in [0.2, 0.25) is 0 Å². The van der Waals surface area contributed by atoms with Gasteiger partial charge >= 0.3 is 0 Å². The van der Waals surface area contributed by atoms with Gasteiger partial charge in [-0.25, -0.2) is 14.6 Å². The first-order chi connectivity index (χ1) is 17.5. The molecule has 1 fully saturated rings. The van der Waals surface area contributed by atoms with Crippen LogP contribution in [0.4, 0.5) is 5.69 Å². The fraction of sp³-hybridized carbons (Fsp3) is 0.385. The number of aromatic nitrogens is 5. The number of anilines is 1. The number of benzene rings is 1. The first-order valence-electron chi connectivity index (χ1n) is 12.0. The van der Waals surface area contributed by atoms with Gasteiger partial charge in [-0.2, -0.15) is 5.10 Å². The molecule has 0 saturated carbocycles. The summed E-state index contributed by atoms with van der Waals surface area (Å²) in [5, 5.41) is 4.87. The summed E-state index contributed by atoms with van der Waals surface area (Å²) in [6.07, 6.45) is 1.79. The van der Waals surface area contributed by atoms with Gasteiger partial charge in [0.1, 0.15) is 11.2 Å². The molecule has 0 unspecified atom stereocenters. The lowest BCUT2D eigenvalue weighted by Gasteiger charge is -2.29. The van der Waals surface area contributed by atoms with Crippen molar-refractivity contribution in [3.05, 3.63) is 54.0 Å². The van der Waals surface area contributed by atoms with E-state index in [1.54, 1.807) is 37.1 Å². The van der Waals surface area contributed by atoms with E-state index < -0.39 is 0 Å². The van der Waals surface area contributed by atoms with Crippen LogP contribution in [0.15, 0.2) is 42.7 Å². The summed E-state index contributed by atoms with van der Waals surface area (Å²) >= 11 is 0. The van der Waals surface area contributed by atoms with E-state index in [1.165, 1.54) is 0 Å². The van der Waals surface area contributed by atoms with E-state index in [0.29, 0.717) is 43.6 Å². The second-order valence-corrected chi connectivity index (χ2v) is 9.10. The van der Waals surface area contributed by atoms with Crippen LogP contribution in [-0.4, -0.2) is 89.2 Å². The molecule has 0 bridgehead atoms. The average Bonchev–Trinajstić information content (AvgIpc) is 3.51. The smallest absolute Gasteiger partial charge is 0.272 e. The lowest BCUT2D eigenvalue weighted by Crippen LogP contribution is -2.36. The lowest BCUT2D eigenvalue weighted by atomic mass is 10.1. The van der Waals surface area contributed by atoms with Gasteiger partial charge in [0, 0.05) is 52.5 Å². The Balaban J connectivity index is 1.71. The third kappa shape index (κ3) is 4.57. The minimum Gasteiger partial charge on any atom is -0.383 e. The summed E-state index contributed by atoms with van der Waals surface area (Å²) in [6.45, 7) is 5.98. The molecule has 5 rings (SSSR count). The topological polar surface area (TPSA) is 90.5 Å². The molecule has 4 aromatic rings. The zero-order chi connectivity index (χ0) is 25.2. The molecule has 1 saturated heterocycles. The molecule has 1 aliphatic rings. The maximum Gasteiger partial charge on any atom is 0.272 e. The summed E-state index contributed by atoms with van der Waals surface area (Å²) in [5.74, 6) is 0.413. The van der Waals surface area contributed by atoms with Gasteiger partial charge in [-0.1, -0.05) is 23.8 Å². The number of carbonyl (C=O) groups is 1. The van der Waals surface area contributed by atoms with Crippen LogP contribution in [0.25, 0.3) is 28.2 Å². The Bertz CT molecular complexity index is 1390. The van der Waals surface area contributed by atoms with Crippen LogP contribution in [-0.2, 0) is 16.0 Å². The standard InChI is InChI=1S/C26H31N7O3/c1-18-6-5-7-19(14-18)20-15-22(26(34)30(2)3)33(29-20)23-16-21(31-9-12-36-13-10-31)24-25(28-23)32(17-27-24)8-11-35-4/h5-7,14-17H,8-13H2,1-4H3. The largest absolute Gasteiger partial charge is 0.383 e. The molecular weight excluding hydrogens is 458 g/mol. The number of amides is 1. The zero-order valence-corrected chi connectivity index (χ0v) is 21.1. The van der Waals surface area contributed by atoms with Gasteiger partial charge in [0.15, 0.2) is 11.5 Å². The number of nitrogens with zero attached hydrogens (tertiary/aromatic N) is 7. The number of fused-ring (bicyclic) bond motifs is 1. The van der Waals surface area contributed by atoms with Gasteiger partial charge in [-0.05, 0) is 19.1 Å². The number of ether oxygens (including phenoxy) is 2. The molecule has 3 aromatic heterocycles. The summed E-state index contributed by atoms with van der Waals surface area (Å²) < 4.78 is 14.5. The predicted molar refractivity (Wildman–Crippen MR) is 138 cm³/mol. The highest BCUT2D eigenvalue weighted by molar-refractivity contribution is 5.94. The minimum atomic E-state index is -0.149. The Morgan fingerprint density at radius 1 is 1.17 bits per heavy atom. The van der Waals surface area contributed by atoms with Crippen molar-refractivity contribution in [1.29, 1.82) is 0 Å². The van der Waals surface area contributed by atoms with Crippen LogP contribution >= 0.6 is 0 Å². The Kier molecular flexibility index (Phi) is 6.71. The molecule has 1 amide bonds. The van der Waals surface area contributed by atoms with Crippen LogP contribution in [0.2, 0.25) is 0 Å². The maximum atomic E-state index is 13.2. The van der Waals surface area contributed by atoms with E-state index in [2.05, 4.69) is 16.0 Å². The SMILES string of the molecule is COCCn1cnc2c(N3CCOCC3)cc(-n3nc(-c4cccc(C)c4)cc3C(=O)N(C)C)nc21. The fourth-order valence-electron chi connectivity index (χ4n) is 4.39. The van der Waals surface area contributed by atoms with E-state index in [9.17, 15) is 4.79 Å². The number of hydrogen-bond acceptors (Lipinski definition) is 7. The zero-order valence-electron chi connectivity index (χ0n) is 21.1. The number of rotatable bonds is 7. The highest BCUT2D eigenvalue weighted by Gasteiger charge is 2.24. The minimum absolute atomic E-state index is 0.149. The molecule has 10 nitrogen and oxygen atoms in total. The first-order valence-corrected chi connectivity index (χ1v) is 12.0. The normalized spacial score (nSPS) is 13.9. The fourth-order valence-corrected chi connectivity index (χ4v) is 4.39. The van der Waals surface area contributed by atoms with Gasteiger partial charge in [0.25, 0.3) is 5.91 Å². The monoisotopic (exact) mass is 489 g/mol. The molecular formula is C26H31N7O3. The summed E-state index contributed by atoms with van der Waals surface area (Å²) in [5.41, 5.74) is 5.71. The van der Waals surface area contributed by atoms with Crippen LogP contribution in [0, 0.1) is 6.92 Å². The first kappa shape index (κ1) is 24.0. The highest BCUT2D eigenvalue weighted by Crippen LogP contribution is 2.30. The second kappa shape index (κ2) is 10.1. The molecule has 0 N–H and O–H groups in total. The van der Waals surface area contributed by atoms with Gasteiger partial charge in [-0.15, -0.1) is 0 Å². The van der Waals surface area contributed by atoms with Crippen molar-refractivity contribution < 1.29 is 14.3 Å². The van der Waals surface area contributed by atoms with Crippen LogP contribution in [0.5, 0.6) is 0 Å². The third-order valence-electron chi connectivity index (χ3n) is 6.29. The third-order valence-corrected chi connectivity index (χ3v) is 6.29. The summed E-state index contributed by atoms with van der Waals surface area (Å²) in [4.78, 5) is 26.7. The predicted octanol–water partition coefficient (Wildman–Crippen LogP) is 2.78. The second-order valence-electron chi connectivity index (χ2n) is 9.10. The van der Waals surface area contributed by atoms with E-state index >= 15 is 0 Å². The van der Waals surface area contributed by atoms with E-state index in [0.717, 1.165) is 41.1 Å². The maximum absolute atomic E-state index is 13.2. The van der Waals surface area contributed by atoms with Crippen molar-refractivity contribution >= 4 is 22.8 Å². The van der Waals surface area contributed by atoms with E-state index in [4.69, 9.17) is 19.6 Å². The van der Waals surface area contributed by atoms with Crippen molar-refractivity contribution in [2.45, 2.75) is 13.5 Å². The van der Waals surface area contributed by atoms with Crippen LogP contribution in [0.1, 0.15) is 16.1 Å². The Labute approximate surface area is 210 Å². The number of imidazole rings is 1. The number of methoxy groups -OCH3 is 1. The molecule has 0 radical (unpaired) electrons. The lowest BCUT2D eigenvalue weighted by molar-refractivity contribution is 0.0818. The van der Waals surface area contributed by atoms with Crippen molar-refractivity contribution in [2.24, 2.45) is 0 Å². The molecule has 0 spiro atoms. The Hall–Kier alpha value is -3.76. The number of morpholine rings is 1. The molecule has 10 heteroatoms. The molecule has 188 valence electrons. The Morgan fingerprint density at radius 3 is 2.69 bits per heavy atom. The highest BCUT2D eigenvalue weighted by atomic mass is 16.5. The van der Waals surface area contributed by atoms with Gasteiger partial charge in [-0.3, -0.25) is 4.79 Å². The van der Waals surface area contributed by atoms with E-state index in [-0.39, 0.29) is 5.91 Å². The van der Waals surface area contributed by atoms with Crippen molar-refractivity contribution in [3.8, 4) is 17.1 Å². The molecule has 1 aromatic carbocycles. The number of pyridine rings is 1. The van der Waals surface area contributed by atoms with Crippen molar-refractivity contribution in [3.63, 3.8) is 0 Å². The molecule has 0 atom stereocenters. The molecule has 36 heavy (non-hydrogen) atoms. The van der Waals surface area contributed by atoms with E-state index in [1.807, 2.05) is 41.8 Å². The summed E-state index contributed by atoms with van der Waals surface area (Å²) in [6, 6.07) is 11.9. The average molecular weight is 490 g/mol. The molecule has 4 heterocycles. The number of aryl methyl sites for hydroxylation is 1. The molecule has 0 aliphatic carbocycles. The van der Waals surface area contributed by atoms with Crippen LogP contribution < -0.4 is 4.90 Å². The quantitative estimate of drug-likeness (QED) is 0.394. The van der Waals surface area contributed by atoms with Crippen molar-refractivity contribution in [1.82, 2.24) is 29.2 Å². The number of carbonyl (C=O) groups excluding carboxylic acids is 1. The summed E-state index contributed by atoms with van der Waals surface area (Å²) in [7, 11) is 5.15. The Morgan fingerprint density at radius 2 is 1.97 bits per heavy atom.